The van der Waals surface area contributed by atoms with Crippen LogP contribution in [0.1, 0.15) is 21.5 Å². The molecule has 0 heterocycles. The van der Waals surface area contributed by atoms with Gasteiger partial charge in [0.15, 0.2) is 6.29 Å². The Kier molecular flexibility index (Phi) is 3.34. The van der Waals surface area contributed by atoms with Crippen molar-refractivity contribution in [2.24, 2.45) is 0 Å². The zero-order valence-electron chi connectivity index (χ0n) is 10.5. The Bertz CT molecular complexity index is 640. The quantitative estimate of drug-likeness (QED) is 0.836. The van der Waals surface area contributed by atoms with Gasteiger partial charge in [-0.2, -0.15) is 0 Å². The van der Waals surface area contributed by atoms with Gasteiger partial charge in [0.05, 0.1) is 5.56 Å². The number of aryl methyl sites for hydroxylation is 2. The van der Waals surface area contributed by atoms with E-state index in [1.807, 2.05) is 0 Å². The van der Waals surface area contributed by atoms with Crippen LogP contribution >= 0.6 is 0 Å². The third kappa shape index (κ3) is 2.34. The second-order valence-electron chi connectivity index (χ2n) is 4.43. The molecule has 0 bridgehead atoms. The smallest absolute Gasteiger partial charge is 0.153 e. The number of carbonyl (C=O) groups is 1. The fourth-order valence-electron chi connectivity index (χ4n) is 2.13. The second kappa shape index (κ2) is 4.80. The topological polar surface area (TPSA) is 37.3 Å². The van der Waals surface area contributed by atoms with E-state index >= 15 is 0 Å². The van der Waals surface area contributed by atoms with Crippen molar-refractivity contribution >= 4 is 6.29 Å². The maximum atomic E-state index is 13.6. The summed E-state index contributed by atoms with van der Waals surface area (Å²) >= 11 is 0. The van der Waals surface area contributed by atoms with E-state index in [0.717, 1.165) is 6.07 Å². The molecule has 98 valence electrons. The zero-order valence-corrected chi connectivity index (χ0v) is 10.5. The van der Waals surface area contributed by atoms with E-state index in [9.17, 15) is 18.7 Å². The molecule has 0 atom stereocenters. The highest BCUT2D eigenvalue weighted by atomic mass is 19.1. The second-order valence-corrected chi connectivity index (χ2v) is 4.43. The summed E-state index contributed by atoms with van der Waals surface area (Å²) in [6, 6.07) is 5.12. The van der Waals surface area contributed by atoms with Crippen molar-refractivity contribution in [2.75, 3.05) is 0 Å². The molecule has 0 aliphatic heterocycles. The van der Waals surface area contributed by atoms with Gasteiger partial charge in [-0.3, -0.25) is 4.79 Å². The first-order chi connectivity index (χ1) is 8.93. The van der Waals surface area contributed by atoms with Crippen molar-refractivity contribution in [3.05, 3.63) is 52.6 Å². The first kappa shape index (κ1) is 13.2. The van der Waals surface area contributed by atoms with Crippen molar-refractivity contribution in [2.45, 2.75) is 13.8 Å². The number of aldehydes is 1. The van der Waals surface area contributed by atoms with Crippen molar-refractivity contribution in [1.29, 1.82) is 0 Å². The summed E-state index contributed by atoms with van der Waals surface area (Å²) in [5.41, 5.74) is 1.60. The SMILES string of the molecule is Cc1cc(-c2c(C)cc(F)cc2O)cc(C=O)c1F. The highest BCUT2D eigenvalue weighted by Crippen LogP contribution is 2.34. The van der Waals surface area contributed by atoms with Crippen LogP contribution in [0, 0.1) is 25.5 Å². The van der Waals surface area contributed by atoms with E-state index < -0.39 is 11.6 Å². The first-order valence-electron chi connectivity index (χ1n) is 5.69. The molecule has 4 heteroatoms. The number of phenols is 1. The van der Waals surface area contributed by atoms with E-state index in [4.69, 9.17) is 0 Å². The normalized spacial score (nSPS) is 10.5. The van der Waals surface area contributed by atoms with Gasteiger partial charge in [0.2, 0.25) is 0 Å². The summed E-state index contributed by atoms with van der Waals surface area (Å²) in [6.07, 6.45) is 0.418. The predicted octanol–water partition coefficient (Wildman–Crippen LogP) is 3.77. The molecule has 2 rings (SSSR count). The van der Waals surface area contributed by atoms with Crippen LogP contribution in [0.4, 0.5) is 8.78 Å². The lowest BCUT2D eigenvalue weighted by Crippen LogP contribution is -1.95. The molecule has 0 spiro atoms. The Balaban J connectivity index is 2.73. The van der Waals surface area contributed by atoms with E-state index in [2.05, 4.69) is 0 Å². The number of rotatable bonds is 2. The summed E-state index contributed by atoms with van der Waals surface area (Å²) in [5.74, 6) is -1.37. The van der Waals surface area contributed by atoms with Gasteiger partial charge in [0.25, 0.3) is 0 Å². The van der Waals surface area contributed by atoms with Gasteiger partial charge >= 0.3 is 0 Å². The molecule has 0 aliphatic carbocycles. The minimum absolute atomic E-state index is 0.0851. The monoisotopic (exact) mass is 262 g/mol. The minimum Gasteiger partial charge on any atom is -0.507 e. The number of carbonyl (C=O) groups excluding carboxylic acids is 1. The molecule has 0 saturated heterocycles. The Morgan fingerprint density at radius 3 is 2.32 bits per heavy atom. The third-order valence-corrected chi connectivity index (χ3v) is 2.98. The summed E-state index contributed by atoms with van der Waals surface area (Å²) in [4.78, 5) is 10.8. The molecule has 2 nitrogen and oxygen atoms in total. The van der Waals surface area contributed by atoms with Gasteiger partial charge in [0.1, 0.15) is 17.4 Å². The lowest BCUT2D eigenvalue weighted by molar-refractivity contribution is 0.111. The molecule has 19 heavy (non-hydrogen) atoms. The molecule has 0 aliphatic rings. The van der Waals surface area contributed by atoms with E-state index in [0.29, 0.717) is 28.5 Å². The Hall–Kier alpha value is -2.23. The molecule has 2 aromatic carbocycles. The van der Waals surface area contributed by atoms with Gasteiger partial charge in [-0.05, 0) is 48.7 Å². The molecule has 0 amide bonds. The van der Waals surface area contributed by atoms with Crippen LogP contribution < -0.4 is 0 Å². The van der Waals surface area contributed by atoms with Crippen molar-refractivity contribution in [3.8, 4) is 16.9 Å². The highest BCUT2D eigenvalue weighted by molar-refractivity contribution is 5.82. The van der Waals surface area contributed by atoms with Gasteiger partial charge in [-0.1, -0.05) is 0 Å². The lowest BCUT2D eigenvalue weighted by atomic mass is 9.96. The zero-order chi connectivity index (χ0) is 14.2. The Morgan fingerprint density at radius 1 is 1.05 bits per heavy atom. The van der Waals surface area contributed by atoms with Crippen molar-refractivity contribution in [1.82, 2.24) is 0 Å². The maximum Gasteiger partial charge on any atom is 0.153 e. The molecule has 0 aromatic heterocycles. The summed E-state index contributed by atoms with van der Waals surface area (Å²) in [7, 11) is 0. The molecule has 2 aromatic rings. The van der Waals surface area contributed by atoms with Gasteiger partial charge in [-0.15, -0.1) is 0 Å². The Morgan fingerprint density at radius 2 is 1.74 bits per heavy atom. The molecule has 0 saturated carbocycles. The molecular formula is C15H12F2O2. The number of hydrogen-bond donors (Lipinski definition) is 1. The summed E-state index contributed by atoms with van der Waals surface area (Å²) < 4.78 is 26.7. The number of aromatic hydroxyl groups is 1. The third-order valence-electron chi connectivity index (χ3n) is 2.98. The van der Waals surface area contributed by atoms with Gasteiger partial charge < -0.3 is 5.11 Å². The van der Waals surface area contributed by atoms with Crippen molar-refractivity contribution < 1.29 is 18.7 Å². The number of phenolic OH excluding ortho intramolecular Hbond substituents is 1. The molecule has 0 unspecified atom stereocenters. The maximum absolute atomic E-state index is 13.6. The minimum atomic E-state index is -0.585. The van der Waals surface area contributed by atoms with Crippen LogP contribution in [0.5, 0.6) is 5.75 Å². The molecule has 0 fully saturated rings. The van der Waals surface area contributed by atoms with Gasteiger partial charge in [-0.25, -0.2) is 8.78 Å². The van der Waals surface area contributed by atoms with Crippen LogP contribution in [-0.4, -0.2) is 11.4 Å². The average molecular weight is 262 g/mol. The standard InChI is InChI=1S/C15H12F2O2/c1-8-4-12(16)6-13(19)14(8)10-3-9(2)15(17)11(5-10)7-18/h3-7,19H,1-2H3. The fraction of sp³-hybridized carbons (Fsp3) is 0.133. The molecule has 1 N–H and O–H groups in total. The summed E-state index contributed by atoms with van der Waals surface area (Å²) in [6.45, 7) is 3.17. The van der Waals surface area contributed by atoms with Crippen LogP contribution in [0.15, 0.2) is 24.3 Å². The first-order valence-corrected chi connectivity index (χ1v) is 5.69. The predicted molar refractivity (Wildman–Crippen MR) is 68.3 cm³/mol. The highest BCUT2D eigenvalue weighted by Gasteiger charge is 2.14. The molecular weight excluding hydrogens is 250 g/mol. The van der Waals surface area contributed by atoms with Crippen LogP contribution in [-0.2, 0) is 0 Å². The van der Waals surface area contributed by atoms with E-state index in [1.165, 1.54) is 25.1 Å². The molecule has 0 radical (unpaired) electrons. The number of hydrogen-bond acceptors (Lipinski definition) is 2. The number of halogens is 2. The largest absolute Gasteiger partial charge is 0.507 e. The van der Waals surface area contributed by atoms with Crippen LogP contribution in [0.2, 0.25) is 0 Å². The van der Waals surface area contributed by atoms with Crippen LogP contribution in [0.25, 0.3) is 11.1 Å². The van der Waals surface area contributed by atoms with Gasteiger partial charge in [0, 0.05) is 11.6 Å². The Labute approximate surface area is 109 Å². The summed E-state index contributed by atoms with van der Waals surface area (Å²) in [5, 5.41) is 9.83. The van der Waals surface area contributed by atoms with E-state index in [1.54, 1.807) is 6.92 Å². The lowest BCUT2D eigenvalue weighted by Gasteiger charge is -2.11. The van der Waals surface area contributed by atoms with Crippen molar-refractivity contribution in [3.63, 3.8) is 0 Å². The van der Waals surface area contributed by atoms with Crippen LogP contribution in [0.3, 0.4) is 0 Å². The average Bonchev–Trinajstić information content (AvgIpc) is 2.32. The van der Waals surface area contributed by atoms with E-state index in [-0.39, 0.29) is 11.3 Å². The number of benzene rings is 2. The fourth-order valence-corrected chi connectivity index (χ4v) is 2.13.